The van der Waals surface area contributed by atoms with Crippen molar-refractivity contribution in [2.24, 2.45) is 0 Å². The van der Waals surface area contributed by atoms with Crippen LogP contribution in [0.2, 0.25) is 0 Å². The molecular formula is C16H20N4O3. The fourth-order valence-electron chi connectivity index (χ4n) is 2.45. The molecule has 0 radical (unpaired) electrons. The van der Waals surface area contributed by atoms with Crippen LogP contribution in [-0.4, -0.2) is 38.8 Å². The molecule has 1 aliphatic carbocycles. The van der Waals surface area contributed by atoms with Crippen LogP contribution < -0.4 is 9.47 Å². The number of aromatic nitrogens is 4. The summed E-state index contributed by atoms with van der Waals surface area (Å²) in [7, 11) is 1.57. The summed E-state index contributed by atoms with van der Waals surface area (Å²) in [6.07, 6.45) is 4.57. The topological polar surface area (TPSA) is 90.3 Å². The lowest BCUT2D eigenvalue weighted by molar-refractivity contribution is 0.190. The molecule has 1 saturated carbocycles. The lowest BCUT2D eigenvalue weighted by Crippen LogP contribution is -2.07. The van der Waals surface area contributed by atoms with Crippen LogP contribution in [0.15, 0.2) is 12.5 Å². The summed E-state index contributed by atoms with van der Waals surface area (Å²) in [5.74, 6) is 1.68. The Balaban J connectivity index is 2.13. The number of hydrogen-bond acceptors (Lipinski definition) is 7. The third-order valence-electron chi connectivity index (χ3n) is 3.73. The summed E-state index contributed by atoms with van der Waals surface area (Å²) in [5, 5.41) is 9.84. The number of aliphatic hydroxyl groups is 1. The number of ether oxygens (including phenoxy) is 2. The van der Waals surface area contributed by atoms with E-state index in [4.69, 9.17) is 9.47 Å². The minimum atomic E-state index is -0.706. The zero-order valence-electron chi connectivity index (χ0n) is 13.5. The molecule has 2 aromatic rings. The molecule has 1 atom stereocenters. The largest absolute Gasteiger partial charge is 0.480 e. The van der Waals surface area contributed by atoms with E-state index in [1.165, 1.54) is 6.33 Å². The first-order chi connectivity index (χ1) is 11.2. The maximum absolute atomic E-state index is 9.84. The molecule has 3 rings (SSSR count). The van der Waals surface area contributed by atoms with Gasteiger partial charge in [0.1, 0.15) is 11.9 Å². The standard InChI is InChI=1S/C16H20N4O3/c1-4-23-15-11(9(2)21)7-17-14(20-15)12-13(10-5-6-10)18-8-19-16(12)22-3/h7-10,21H,4-6H2,1-3H3. The van der Waals surface area contributed by atoms with E-state index < -0.39 is 6.10 Å². The van der Waals surface area contributed by atoms with Crippen molar-refractivity contribution in [1.29, 1.82) is 0 Å². The SMILES string of the molecule is CCOc1nc(-c2c(OC)ncnc2C2CC2)ncc1C(C)O. The third kappa shape index (κ3) is 3.10. The van der Waals surface area contributed by atoms with Gasteiger partial charge in [0, 0.05) is 12.1 Å². The summed E-state index contributed by atoms with van der Waals surface area (Å²) in [6, 6.07) is 0. The molecule has 0 amide bonds. The van der Waals surface area contributed by atoms with Crippen LogP contribution in [0.4, 0.5) is 0 Å². The molecule has 7 nitrogen and oxygen atoms in total. The van der Waals surface area contributed by atoms with E-state index in [-0.39, 0.29) is 0 Å². The first kappa shape index (κ1) is 15.6. The highest BCUT2D eigenvalue weighted by molar-refractivity contribution is 5.66. The third-order valence-corrected chi connectivity index (χ3v) is 3.73. The minimum absolute atomic E-state index is 0.375. The van der Waals surface area contributed by atoms with E-state index in [2.05, 4.69) is 19.9 Å². The van der Waals surface area contributed by atoms with Crippen molar-refractivity contribution in [3.8, 4) is 23.1 Å². The number of methoxy groups -OCH3 is 1. The van der Waals surface area contributed by atoms with Crippen LogP contribution in [0.5, 0.6) is 11.8 Å². The molecule has 2 heterocycles. The summed E-state index contributed by atoms with van der Waals surface area (Å²) >= 11 is 0. The average molecular weight is 316 g/mol. The predicted octanol–water partition coefficient (Wildman–Crippen LogP) is 2.27. The Hall–Kier alpha value is -2.28. The van der Waals surface area contributed by atoms with Crippen molar-refractivity contribution in [3.63, 3.8) is 0 Å². The van der Waals surface area contributed by atoms with Gasteiger partial charge in [-0.2, -0.15) is 4.98 Å². The van der Waals surface area contributed by atoms with Crippen molar-refractivity contribution >= 4 is 0 Å². The van der Waals surface area contributed by atoms with Gasteiger partial charge in [-0.05, 0) is 26.7 Å². The second kappa shape index (κ2) is 6.45. The quantitative estimate of drug-likeness (QED) is 0.874. The minimum Gasteiger partial charge on any atom is -0.480 e. The lowest BCUT2D eigenvalue weighted by Gasteiger charge is -2.14. The van der Waals surface area contributed by atoms with Crippen molar-refractivity contribution in [2.45, 2.75) is 38.7 Å². The second-order valence-corrected chi connectivity index (χ2v) is 5.48. The molecule has 0 aromatic carbocycles. The van der Waals surface area contributed by atoms with Crippen LogP contribution in [0, 0.1) is 0 Å². The predicted molar refractivity (Wildman–Crippen MR) is 83.4 cm³/mol. The van der Waals surface area contributed by atoms with Gasteiger partial charge in [0.15, 0.2) is 5.82 Å². The van der Waals surface area contributed by atoms with Gasteiger partial charge in [-0.25, -0.2) is 15.0 Å². The molecule has 7 heteroatoms. The van der Waals surface area contributed by atoms with Gasteiger partial charge in [0.05, 0.1) is 31.1 Å². The summed E-state index contributed by atoms with van der Waals surface area (Å²) in [5.41, 5.74) is 2.17. The molecule has 0 saturated heterocycles. The molecule has 2 aromatic heterocycles. The molecule has 1 aliphatic rings. The van der Waals surface area contributed by atoms with Crippen LogP contribution in [0.25, 0.3) is 11.4 Å². The van der Waals surface area contributed by atoms with Gasteiger partial charge in [0.25, 0.3) is 0 Å². The summed E-state index contributed by atoms with van der Waals surface area (Å²) in [4.78, 5) is 17.4. The fraction of sp³-hybridized carbons (Fsp3) is 0.500. The van der Waals surface area contributed by atoms with Gasteiger partial charge in [-0.15, -0.1) is 0 Å². The molecule has 1 N–H and O–H groups in total. The highest BCUT2D eigenvalue weighted by atomic mass is 16.5. The van der Waals surface area contributed by atoms with Crippen LogP contribution in [0.1, 0.15) is 50.0 Å². The van der Waals surface area contributed by atoms with Gasteiger partial charge in [0.2, 0.25) is 11.8 Å². The second-order valence-electron chi connectivity index (χ2n) is 5.48. The Morgan fingerprint density at radius 1 is 1.26 bits per heavy atom. The van der Waals surface area contributed by atoms with E-state index >= 15 is 0 Å². The Bertz CT molecular complexity index is 702. The van der Waals surface area contributed by atoms with Crippen LogP contribution >= 0.6 is 0 Å². The molecule has 0 bridgehead atoms. The normalized spacial score (nSPS) is 15.3. The average Bonchev–Trinajstić information content (AvgIpc) is 3.39. The van der Waals surface area contributed by atoms with E-state index in [0.29, 0.717) is 41.2 Å². The first-order valence-electron chi connectivity index (χ1n) is 7.72. The highest BCUT2D eigenvalue weighted by Gasteiger charge is 2.31. The Labute approximate surface area is 134 Å². The molecule has 1 fully saturated rings. The molecule has 122 valence electrons. The number of hydrogen-bond donors (Lipinski definition) is 1. The summed E-state index contributed by atoms with van der Waals surface area (Å²) < 4.78 is 10.9. The highest BCUT2D eigenvalue weighted by Crippen LogP contribution is 2.45. The Morgan fingerprint density at radius 3 is 2.65 bits per heavy atom. The maximum atomic E-state index is 9.84. The molecular weight excluding hydrogens is 296 g/mol. The first-order valence-corrected chi connectivity index (χ1v) is 7.72. The van der Waals surface area contributed by atoms with E-state index in [0.717, 1.165) is 18.5 Å². The van der Waals surface area contributed by atoms with Gasteiger partial charge < -0.3 is 14.6 Å². The zero-order valence-corrected chi connectivity index (χ0v) is 13.5. The smallest absolute Gasteiger partial charge is 0.227 e. The number of aliphatic hydroxyl groups excluding tert-OH is 1. The number of nitrogens with zero attached hydrogens (tertiary/aromatic N) is 4. The maximum Gasteiger partial charge on any atom is 0.227 e. The van der Waals surface area contributed by atoms with Gasteiger partial charge in [-0.1, -0.05) is 0 Å². The molecule has 1 unspecified atom stereocenters. The Morgan fingerprint density at radius 2 is 2.04 bits per heavy atom. The van der Waals surface area contributed by atoms with Gasteiger partial charge >= 0.3 is 0 Å². The lowest BCUT2D eigenvalue weighted by atomic mass is 10.1. The monoisotopic (exact) mass is 316 g/mol. The fourth-order valence-corrected chi connectivity index (χ4v) is 2.45. The zero-order chi connectivity index (χ0) is 16.4. The Kier molecular flexibility index (Phi) is 4.38. The van der Waals surface area contributed by atoms with Crippen molar-refractivity contribution < 1.29 is 14.6 Å². The van der Waals surface area contributed by atoms with Crippen molar-refractivity contribution in [2.75, 3.05) is 13.7 Å². The molecule has 23 heavy (non-hydrogen) atoms. The number of rotatable bonds is 6. The van der Waals surface area contributed by atoms with E-state index in [1.54, 1.807) is 20.2 Å². The van der Waals surface area contributed by atoms with E-state index in [9.17, 15) is 5.11 Å². The van der Waals surface area contributed by atoms with Crippen molar-refractivity contribution in [1.82, 2.24) is 19.9 Å². The van der Waals surface area contributed by atoms with E-state index in [1.807, 2.05) is 6.92 Å². The van der Waals surface area contributed by atoms with Crippen molar-refractivity contribution in [3.05, 3.63) is 23.8 Å². The molecule has 0 aliphatic heterocycles. The van der Waals surface area contributed by atoms with Gasteiger partial charge in [-0.3, -0.25) is 0 Å². The summed E-state index contributed by atoms with van der Waals surface area (Å²) in [6.45, 7) is 3.98. The van der Waals surface area contributed by atoms with Crippen LogP contribution in [0.3, 0.4) is 0 Å². The van der Waals surface area contributed by atoms with Crippen LogP contribution in [-0.2, 0) is 0 Å². The molecule has 0 spiro atoms.